The third-order valence-corrected chi connectivity index (χ3v) is 6.11. The second kappa shape index (κ2) is 9.05. The minimum absolute atomic E-state index is 0.253. The van der Waals surface area contributed by atoms with Crippen LogP contribution in [0.2, 0.25) is 0 Å². The van der Waals surface area contributed by atoms with E-state index in [0.717, 1.165) is 5.56 Å². The van der Waals surface area contributed by atoms with Crippen molar-refractivity contribution in [2.45, 2.75) is 12.5 Å². The zero-order valence-corrected chi connectivity index (χ0v) is 16.6. The topological polar surface area (TPSA) is 49.9 Å². The first-order valence-corrected chi connectivity index (χ1v) is 10.6. The molecule has 0 N–H and O–H groups in total. The molecule has 1 heterocycles. The maximum atomic E-state index is 13.0. The Bertz CT molecular complexity index is 959. The summed E-state index contributed by atoms with van der Waals surface area (Å²) < 4.78 is 80.8. The van der Waals surface area contributed by atoms with Gasteiger partial charge in [-0.2, -0.15) is 21.9 Å². The van der Waals surface area contributed by atoms with Crippen molar-refractivity contribution in [3.63, 3.8) is 0 Å². The fourth-order valence-electron chi connectivity index (χ4n) is 2.94. The number of sulfonamides is 1. The fourth-order valence-corrected chi connectivity index (χ4v) is 4.12. The summed E-state index contributed by atoms with van der Waals surface area (Å²) in [6, 6.07) is 14.4. The Balaban J connectivity index is 1.58. The van der Waals surface area contributed by atoms with Crippen molar-refractivity contribution in [1.82, 2.24) is 4.31 Å². The van der Waals surface area contributed by atoms with Gasteiger partial charge in [-0.05, 0) is 35.9 Å². The van der Waals surface area contributed by atoms with Crippen LogP contribution in [0.1, 0.15) is 5.56 Å². The lowest BCUT2D eigenvalue weighted by molar-refractivity contribution is -0.253. The average molecular weight is 444 g/mol. The molecule has 3 rings (SSSR count). The first kappa shape index (κ1) is 22.1. The molecule has 0 bridgehead atoms. The summed E-state index contributed by atoms with van der Waals surface area (Å²) in [7, 11) is -3.57. The summed E-state index contributed by atoms with van der Waals surface area (Å²) in [6.45, 7) is 1.30. The van der Waals surface area contributed by atoms with Crippen LogP contribution in [-0.2, 0) is 10.0 Å². The summed E-state index contributed by atoms with van der Waals surface area (Å²) in [5.41, 5.74) is 1.43. The Morgan fingerprint density at radius 3 is 2.10 bits per heavy atom. The van der Waals surface area contributed by atoms with E-state index in [-0.39, 0.29) is 18.8 Å². The van der Waals surface area contributed by atoms with Gasteiger partial charge in [-0.15, -0.1) is 0 Å². The van der Waals surface area contributed by atoms with Crippen molar-refractivity contribution in [1.29, 1.82) is 0 Å². The van der Waals surface area contributed by atoms with Crippen LogP contribution in [0.15, 0.2) is 60.0 Å². The lowest BCUT2D eigenvalue weighted by Gasteiger charge is -2.34. The van der Waals surface area contributed by atoms with Gasteiger partial charge < -0.3 is 9.64 Å². The van der Waals surface area contributed by atoms with Crippen LogP contribution < -0.4 is 9.64 Å². The normalized spacial score (nSPS) is 16.4. The predicted octanol–water partition coefficient (Wildman–Crippen LogP) is 4.05. The van der Waals surface area contributed by atoms with E-state index in [1.165, 1.54) is 40.1 Å². The van der Waals surface area contributed by atoms with E-state index in [0.29, 0.717) is 18.8 Å². The summed E-state index contributed by atoms with van der Waals surface area (Å²) in [6.07, 6.45) is -6.95. The molecule has 162 valence electrons. The third-order valence-electron chi connectivity index (χ3n) is 4.54. The van der Waals surface area contributed by atoms with Gasteiger partial charge >= 0.3 is 12.5 Å². The molecule has 0 radical (unpaired) electrons. The molecule has 2 aromatic carbocycles. The Morgan fingerprint density at radius 2 is 1.53 bits per heavy atom. The molecule has 0 aromatic heterocycles. The van der Waals surface area contributed by atoms with Gasteiger partial charge in [-0.25, -0.2) is 8.42 Å². The quantitative estimate of drug-likeness (QED) is 0.605. The molecule has 1 fully saturated rings. The molecule has 0 unspecified atom stereocenters. The highest BCUT2D eigenvalue weighted by molar-refractivity contribution is 7.92. The van der Waals surface area contributed by atoms with Gasteiger partial charge in [-0.3, -0.25) is 0 Å². The summed E-state index contributed by atoms with van der Waals surface area (Å²) in [5.74, 6) is -0.378. The van der Waals surface area contributed by atoms with Gasteiger partial charge in [0.15, 0.2) is 0 Å². The number of ether oxygens (including phenoxy) is 1. The Hall–Kier alpha value is -2.59. The van der Waals surface area contributed by atoms with Crippen molar-refractivity contribution in [2.75, 3.05) is 31.1 Å². The molecule has 5 nitrogen and oxygen atoms in total. The van der Waals surface area contributed by atoms with Crippen molar-refractivity contribution >= 4 is 21.8 Å². The van der Waals surface area contributed by atoms with E-state index in [2.05, 4.69) is 4.74 Å². The number of hydrogen-bond donors (Lipinski definition) is 0. The highest BCUT2D eigenvalue weighted by Crippen LogP contribution is 2.29. The highest BCUT2D eigenvalue weighted by atomic mass is 32.2. The van der Waals surface area contributed by atoms with Gasteiger partial charge in [0.05, 0.1) is 0 Å². The minimum Gasteiger partial charge on any atom is -0.428 e. The molecule has 1 aliphatic rings. The number of rotatable bonds is 7. The smallest absolute Gasteiger partial charge is 0.428 e. The van der Waals surface area contributed by atoms with E-state index < -0.39 is 22.6 Å². The van der Waals surface area contributed by atoms with E-state index in [1.54, 1.807) is 12.1 Å². The molecule has 0 spiro atoms. The molecule has 1 aliphatic heterocycles. The second-order valence-electron chi connectivity index (χ2n) is 6.60. The van der Waals surface area contributed by atoms with Crippen molar-refractivity contribution < 1.29 is 30.7 Å². The fraction of sp³-hybridized carbons (Fsp3) is 0.300. The standard InChI is InChI=1S/C20H20F4N2O3S/c21-19(22)20(23,24)29-18-8-6-17(7-9-18)25-11-13-26(14-12-25)30(27,28)15-10-16-4-2-1-3-5-16/h1-10,15,19H,11-14H2/b15-10+. The van der Waals surface area contributed by atoms with Crippen molar-refractivity contribution in [2.24, 2.45) is 0 Å². The Kier molecular flexibility index (Phi) is 6.67. The second-order valence-corrected chi connectivity index (χ2v) is 8.42. The number of piperazine rings is 1. The van der Waals surface area contributed by atoms with Crippen LogP contribution in [0.3, 0.4) is 0 Å². The van der Waals surface area contributed by atoms with Crippen LogP contribution in [0.4, 0.5) is 23.2 Å². The summed E-state index contributed by atoms with van der Waals surface area (Å²) in [4.78, 5) is 1.88. The maximum absolute atomic E-state index is 13.0. The van der Waals surface area contributed by atoms with Gasteiger partial charge in [0, 0.05) is 37.3 Å². The summed E-state index contributed by atoms with van der Waals surface area (Å²) >= 11 is 0. The van der Waals surface area contributed by atoms with Gasteiger partial charge in [0.25, 0.3) is 0 Å². The first-order valence-electron chi connectivity index (χ1n) is 9.11. The number of anilines is 1. The first-order chi connectivity index (χ1) is 14.2. The van der Waals surface area contributed by atoms with Crippen molar-refractivity contribution in [3.05, 3.63) is 65.6 Å². The number of alkyl halides is 4. The molecule has 0 saturated carbocycles. The molecule has 0 atom stereocenters. The van der Waals surface area contributed by atoms with Gasteiger partial charge in [-0.1, -0.05) is 30.3 Å². The van der Waals surface area contributed by atoms with E-state index in [4.69, 9.17) is 0 Å². The molecular weight excluding hydrogens is 424 g/mol. The largest absolute Gasteiger partial charge is 0.461 e. The predicted molar refractivity (Wildman–Crippen MR) is 106 cm³/mol. The molecule has 0 amide bonds. The van der Waals surface area contributed by atoms with Crippen LogP contribution in [0.25, 0.3) is 6.08 Å². The van der Waals surface area contributed by atoms with Crippen LogP contribution >= 0.6 is 0 Å². The Labute approximate surface area is 172 Å². The van der Waals surface area contributed by atoms with E-state index in [9.17, 15) is 26.0 Å². The average Bonchev–Trinajstić information content (AvgIpc) is 2.73. The molecule has 2 aromatic rings. The third kappa shape index (κ3) is 5.51. The lowest BCUT2D eigenvalue weighted by Crippen LogP contribution is -2.48. The number of hydrogen-bond acceptors (Lipinski definition) is 4. The molecule has 30 heavy (non-hydrogen) atoms. The van der Waals surface area contributed by atoms with Crippen LogP contribution in [-0.4, -0.2) is 51.4 Å². The van der Waals surface area contributed by atoms with Crippen molar-refractivity contribution in [3.8, 4) is 5.75 Å². The van der Waals surface area contributed by atoms with Crippen LogP contribution in [0, 0.1) is 0 Å². The number of halogens is 4. The number of benzene rings is 2. The molecule has 1 saturated heterocycles. The highest BCUT2D eigenvalue weighted by Gasteiger charge is 2.43. The Morgan fingerprint density at radius 1 is 0.933 bits per heavy atom. The minimum atomic E-state index is -4.56. The van der Waals surface area contributed by atoms with Crippen LogP contribution in [0.5, 0.6) is 5.75 Å². The molecular formula is C20H20F4N2O3S. The number of nitrogens with zero attached hydrogens (tertiary/aromatic N) is 2. The summed E-state index contributed by atoms with van der Waals surface area (Å²) in [5, 5.41) is 1.17. The molecule has 0 aliphatic carbocycles. The molecule has 10 heteroatoms. The lowest BCUT2D eigenvalue weighted by atomic mass is 10.2. The SMILES string of the molecule is O=S(=O)(/C=C/c1ccccc1)N1CCN(c2ccc(OC(F)(F)C(F)F)cc2)CC1. The van der Waals surface area contributed by atoms with E-state index >= 15 is 0 Å². The monoisotopic (exact) mass is 444 g/mol. The van der Waals surface area contributed by atoms with Gasteiger partial charge in [0.2, 0.25) is 10.0 Å². The maximum Gasteiger partial charge on any atom is 0.461 e. The zero-order valence-electron chi connectivity index (χ0n) is 15.8. The zero-order chi connectivity index (χ0) is 21.8. The van der Waals surface area contributed by atoms with E-state index in [1.807, 2.05) is 23.1 Å². The van der Waals surface area contributed by atoms with Gasteiger partial charge in [0.1, 0.15) is 5.75 Å².